The number of phenolic OH excluding ortho intramolecular Hbond substituents is 1. The Balaban J connectivity index is 1.22. The number of imide groups is 1. The first-order valence-electron chi connectivity index (χ1n) is 12.6. The summed E-state index contributed by atoms with van der Waals surface area (Å²) in [6.07, 6.45) is 1.10. The maximum Gasteiger partial charge on any atom is 0.322 e. The first-order valence-corrected chi connectivity index (χ1v) is 12.6. The molecule has 0 spiro atoms. The number of anilines is 1. The third-order valence-electron chi connectivity index (χ3n) is 8.27. The summed E-state index contributed by atoms with van der Waals surface area (Å²) in [6, 6.07) is 8.11. The van der Waals surface area contributed by atoms with Crippen molar-refractivity contribution in [1.29, 1.82) is 0 Å². The molecule has 4 aliphatic rings. The second-order valence-corrected chi connectivity index (χ2v) is 10.4. The van der Waals surface area contributed by atoms with Crippen molar-refractivity contribution in [2.75, 3.05) is 31.1 Å². The molecule has 3 aromatic rings. The van der Waals surface area contributed by atoms with Crippen LogP contribution >= 0.6 is 0 Å². The maximum absolute atomic E-state index is 14.5. The second kappa shape index (κ2) is 7.90. The fourth-order valence-electron chi connectivity index (χ4n) is 6.37. The highest BCUT2D eigenvalue weighted by Crippen LogP contribution is 2.38. The summed E-state index contributed by atoms with van der Waals surface area (Å²) in [6.45, 7) is 4.80. The molecule has 196 valence electrons. The van der Waals surface area contributed by atoms with Gasteiger partial charge in [-0.15, -0.1) is 0 Å². The van der Waals surface area contributed by atoms with E-state index >= 15 is 0 Å². The summed E-state index contributed by atoms with van der Waals surface area (Å²) >= 11 is 0. The molecule has 3 atom stereocenters. The molecule has 4 amide bonds. The van der Waals surface area contributed by atoms with E-state index in [1.165, 1.54) is 17.0 Å². The molecule has 3 saturated heterocycles. The summed E-state index contributed by atoms with van der Waals surface area (Å²) in [4.78, 5) is 49.3. The third kappa shape index (κ3) is 3.16. The molecule has 0 saturated carbocycles. The van der Waals surface area contributed by atoms with E-state index in [-0.39, 0.29) is 24.4 Å². The molecular weight excluding hydrogens is 495 g/mol. The monoisotopic (exact) mass is 520 g/mol. The maximum atomic E-state index is 14.5. The Bertz CT molecular complexity index is 1540. The number of nitrogens with zero attached hydrogens (tertiary/aromatic N) is 4. The normalized spacial score (nSPS) is 26.5. The number of furan rings is 1. The summed E-state index contributed by atoms with van der Waals surface area (Å²) in [5.74, 6) is -2.08. The van der Waals surface area contributed by atoms with Gasteiger partial charge in [-0.2, -0.15) is 0 Å². The van der Waals surface area contributed by atoms with Crippen LogP contribution in [0.15, 0.2) is 34.7 Å². The van der Waals surface area contributed by atoms with Gasteiger partial charge in [-0.3, -0.25) is 19.8 Å². The predicted octanol–water partition coefficient (Wildman–Crippen LogP) is 1.65. The number of aromatic hydroxyl groups is 1. The molecule has 3 fully saturated rings. The van der Waals surface area contributed by atoms with Crippen LogP contribution in [0.1, 0.15) is 35.0 Å². The SMILES string of the molecule is CCN1CC2CC1CN2c1ccc2oc(C3(CN4Cc5ccc(O)c(F)c5C4=O)NC(=O)NC3=O)cc2n1. The Hall–Kier alpha value is -4.19. The summed E-state index contributed by atoms with van der Waals surface area (Å²) in [5, 5.41) is 14.6. The van der Waals surface area contributed by atoms with Crippen molar-refractivity contribution < 1.29 is 28.3 Å². The number of piperazine rings is 1. The fraction of sp³-hybridized carbons (Fsp3) is 0.385. The number of likely N-dealkylation sites (N-methyl/N-ethyl adjacent to an activating group) is 1. The minimum Gasteiger partial charge on any atom is -0.505 e. The zero-order valence-electron chi connectivity index (χ0n) is 20.5. The first kappa shape index (κ1) is 23.0. The lowest BCUT2D eigenvalue weighted by molar-refractivity contribution is -0.125. The van der Waals surface area contributed by atoms with Crippen LogP contribution in [0.4, 0.5) is 15.0 Å². The van der Waals surface area contributed by atoms with Gasteiger partial charge in [0.1, 0.15) is 17.1 Å². The smallest absolute Gasteiger partial charge is 0.322 e. The number of halogens is 1. The third-order valence-corrected chi connectivity index (χ3v) is 8.27. The van der Waals surface area contributed by atoms with Crippen molar-refractivity contribution in [3.63, 3.8) is 0 Å². The van der Waals surface area contributed by atoms with E-state index in [1.807, 2.05) is 6.07 Å². The minimum absolute atomic E-state index is 0.00515. The number of nitrogens with one attached hydrogen (secondary N) is 2. The molecule has 3 N–H and O–H groups in total. The summed E-state index contributed by atoms with van der Waals surface area (Å²) in [5.41, 5.74) is -0.649. The standard InChI is InChI=1S/C26H25FN6O5/c1-2-31-10-15-7-14(31)11-33(15)20-6-5-18-16(28-20)8-19(38-18)26(24(36)29-25(37)30-26)12-32-9-13-3-4-17(34)22(27)21(13)23(32)35/h3-6,8,14-15,34H,2,7,9-12H2,1H3,(H2,29,30,36,37). The lowest BCUT2D eigenvalue weighted by atomic mass is 9.95. The van der Waals surface area contributed by atoms with E-state index in [9.17, 15) is 23.9 Å². The number of hydrogen-bond donors (Lipinski definition) is 3. The fourth-order valence-corrected chi connectivity index (χ4v) is 6.37. The number of likely N-dealkylation sites (tertiary alicyclic amines) is 1. The molecule has 6 heterocycles. The molecule has 11 nitrogen and oxygen atoms in total. The van der Waals surface area contributed by atoms with Crippen LogP contribution in [-0.2, 0) is 16.9 Å². The lowest BCUT2D eigenvalue weighted by Crippen LogP contribution is -2.52. The van der Waals surface area contributed by atoms with Crippen LogP contribution < -0.4 is 15.5 Å². The number of carbonyl (C=O) groups excluding carboxylic acids is 3. The number of aromatic nitrogens is 1. The number of amides is 4. The van der Waals surface area contributed by atoms with Crippen molar-refractivity contribution in [3.05, 3.63) is 53.0 Å². The molecule has 12 heteroatoms. The van der Waals surface area contributed by atoms with Gasteiger partial charge in [0, 0.05) is 37.8 Å². The van der Waals surface area contributed by atoms with Crippen molar-refractivity contribution in [1.82, 2.24) is 25.4 Å². The number of benzene rings is 1. The average molecular weight is 521 g/mol. The van der Waals surface area contributed by atoms with Crippen molar-refractivity contribution in [3.8, 4) is 5.75 Å². The lowest BCUT2D eigenvalue weighted by Gasteiger charge is -2.34. The summed E-state index contributed by atoms with van der Waals surface area (Å²) < 4.78 is 20.6. The highest BCUT2D eigenvalue weighted by molar-refractivity contribution is 6.08. The van der Waals surface area contributed by atoms with Crippen LogP contribution in [0.2, 0.25) is 0 Å². The number of fused-ring (bicyclic) bond motifs is 4. The number of urea groups is 1. The topological polar surface area (TPSA) is 131 Å². The molecule has 2 bridgehead atoms. The average Bonchev–Trinajstić information content (AvgIpc) is 3.70. The van der Waals surface area contributed by atoms with Gasteiger partial charge in [0.05, 0.1) is 12.1 Å². The molecule has 38 heavy (non-hydrogen) atoms. The molecule has 2 aromatic heterocycles. The molecule has 7 rings (SSSR count). The Morgan fingerprint density at radius 1 is 1.18 bits per heavy atom. The van der Waals surface area contributed by atoms with E-state index in [0.29, 0.717) is 28.7 Å². The summed E-state index contributed by atoms with van der Waals surface area (Å²) in [7, 11) is 0. The number of hydrogen-bond acceptors (Lipinski definition) is 8. The van der Waals surface area contributed by atoms with Gasteiger partial charge in [0.15, 0.2) is 22.7 Å². The van der Waals surface area contributed by atoms with Crippen LogP contribution in [0.3, 0.4) is 0 Å². The molecule has 1 aromatic carbocycles. The largest absolute Gasteiger partial charge is 0.505 e. The quantitative estimate of drug-likeness (QED) is 0.433. The van der Waals surface area contributed by atoms with Crippen molar-refractivity contribution in [2.24, 2.45) is 0 Å². The van der Waals surface area contributed by atoms with E-state index in [2.05, 4.69) is 27.4 Å². The zero-order valence-corrected chi connectivity index (χ0v) is 20.5. The van der Waals surface area contributed by atoms with E-state index in [0.717, 1.165) is 31.9 Å². The Kier molecular flexibility index (Phi) is 4.78. The predicted molar refractivity (Wildman–Crippen MR) is 132 cm³/mol. The molecule has 4 aliphatic heterocycles. The number of pyridine rings is 1. The number of rotatable bonds is 5. The van der Waals surface area contributed by atoms with Crippen molar-refractivity contribution >= 4 is 34.8 Å². The van der Waals surface area contributed by atoms with E-state index < -0.39 is 35.0 Å². The van der Waals surface area contributed by atoms with Crippen LogP contribution in [0.5, 0.6) is 5.75 Å². The highest BCUT2D eigenvalue weighted by Gasteiger charge is 2.53. The van der Waals surface area contributed by atoms with Gasteiger partial charge in [-0.05, 0) is 36.7 Å². The first-order chi connectivity index (χ1) is 18.3. The van der Waals surface area contributed by atoms with Gasteiger partial charge < -0.3 is 24.6 Å². The van der Waals surface area contributed by atoms with E-state index in [4.69, 9.17) is 9.40 Å². The Labute approximate surface area is 216 Å². The minimum atomic E-state index is -1.73. The van der Waals surface area contributed by atoms with Gasteiger partial charge in [-0.1, -0.05) is 13.0 Å². The van der Waals surface area contributed by atoms with Gasteiger partial charge >= 0.3 is 6.03 Å². The second-order valence-electron chi connectivity index (χ2n) is 10.4. The number of carbonyl (C=O) groups is 3. The van der Waals surface area contributed by atoms with Gasteiger partial charge in [0.2, 0.25) is 0 Å². The van der Waals surface area contributed by atoms with Gasteiger partial charge in [0.25, 0.3) is 11.8 Å². The van der Waals surface area contributed by atoms with Gasteiger partial charge in [-0.25, -0.2) is 14.2 Å². The zero-order chi connectivity index (χ0) is 26.3. The Morgan fingerprint density at radius 3 is 2.74 bits per heavy atom. The van der Waals surface area contributed by atoms with Crippen molar-refractivity contribution in [2.45, 2.75) is 37.5 Å². The van der Waals surface area contributed by atoms with E-state index in [1.54, 1.807) is 12.1 Å². The number of phenols is 1. The molecular formula is C26H25FN6O5. The molecule has 0 radical (unpaired) electrons. The molecule has 0 aliphatic carbocycles. The highest BCUT2D eigenvalue weighted by atomic mass is 19.1. The Morgan fingerprint density at radius 2 is 2.03 bits per heavy atom. The van der Waals surface area contributed by atoms with Crippen LogP contribution in [0, 0.1) is 5.82 Å². The van der Waals surface area contributed by atoms with Crippen LogP contribution in [-0.4, -0.2) is 76.0 Å². The van der Waals surface area contributed by atoms with Crippen LogP contribution in [0.25, 0.3) is 11.1 Å². The molecule has 3 unspecified atom stereocenters.